The first-order chi connectivity index (χ1) is 16.2. The molecule has 3 aromatic rings. The minimum atomic E-state index is -0.256. The summed E-state index contributed by atoms with van der Waals surface area (Å²) < 4.78 is 1.88. The molecule has 1 aromatic heterocycles. The highest BCUT2D eigenvalue weighted by Gasteiger charge is 2.34. The molecule has 4 rings (SSSR count). The molecule has 0 spiro atoms. The van der Waals surface area contributed by atoms with E-state index in [9.17, 15) is 9.59 Å². The Balaban J connectivity index is 1.63. The molecule has 6 nitrogen and oxygen atoms in total. The van der Waals surface area contributed by atoms with Crippen LogP contribution in [0.3, 0.4) is 0 Å². The van der Waals surface area contributed by atoms with Crippen LogP contribution in [0.25, 0.3) is 16.9 Å². The van der Waals surface area contributed by atoms with E-state index in [2.05, 4.69) is 45.1 Å². The highest BCUT2D eigenvalue weighted by atomic mass is 35.5. The summed E-state index contributed by atoms with van der Waals surface area (Å²) in [5, 5.41) is 3.61. The molecular weight excluding hydrogens is 448 g/mol. The first-order valence-electron chi connectivity index (χ1n) is 11.7. The SMILES string of the molecule is Cc1ccc(-n2cc(-c3ccc(Cl)cc3)nc2NC(=O)CN(CC(C)C)C(=O)C2CC2)cc1C. The largest absolute Gasteiger partial charge is 0.333 e. The van der Waals surface area contributed by atoms with E-state index < -0.39 is 0 Å². The van der Waals surface area contributed by atoms with Gasteiger partial charge in [0.1, 0.15) is 0 Å². The smallest absolute Gasteiger partial charge is 0.246 e. The van der Waals surface area contributed by atoms with E-state index in [0.717, 1.165) is 35.3 Å². The zero-order chi connectivity index (χ0) is 24.4. The normalized spacial score (nSPS) is 13.2. The fourth-order valence-corrected chi connectivity index (χ4v) is 4.03. The molecule has 0 bridgehead atoms. The number of aromatic nitrogens is 2. The standard InChI is InChI=1S/C27H31ClN4O2/c1-17(2)14-31(26(34)21-6-7-21)16-25(33)30-27-29-24(20-8-10-22(28)11-9-20)15-32(27)23-12-5-18(3)19(4)13-23/h5,8-13,15,17,21H,6-7,14,16H2,1-4H3,(H,29,30,33). The molecule has 2 amide bonds. The number of amides is 2. The Morgan fingerprint density at radius 3 is 2.44 bits per heavy atom. The van der Waals surface area contributed by atoms with E-state index in [1.54, 1.807) is 4.90 Å². The van der Waals surface area contributed by atoms with Crippen LogP contribution in [0.15, 0.2) is 48.7 Å². The number of benzene rings is 2. The van der Waals surface area contributed by atoms with Gasteiger partial charge in [0.15, 0.2) is 0 Å². The molecule has 0 radical (unpaired) electrons. The van der Waals surface area contributed by atoms with Crippen molar-refractivity contribution in [3.63, 3.8) is 0 Å². The van der Waals surface area contributed by atoms with E-state index in [4.69, 9.17) is 16.6 Å². The zero-order valence-corrected chi connectivity index (χ0v) is 20.9. The summed E-state index contributed by atoms with van der Waals surface area (Å²) in [5.74, 6) is 0.586. The summed E-state index contributed by atoms with van der Waals surface area (Å²) in [4.78, 5) is 32.2. The van der Waals surface area contributed by atoms with Crippen LogP contribution in [0, 0.1) is 25.7 Å². The molecule has 2 aromatic carbocycles. The molecule has 1 saturated carbocycles. The van der Waals surface area contributed by atoms with Crippen molar-refractivity contribution in [2.45, 2.75) is 40.5 Å². The summed E-state index contributed by atoms with van der Waals surface area (Å²) in [5.41, 5.74) is 4.86. The van der Waals surface area contributed by atoms with Crippen LogP contribution in [-0.4, -0.2) is 39.4 Å². The Morgan fingerprint density at radius 1 is 1.12 bits per heavy atom. The van der Waals surface area contributed by atoms with Gasteiger partial charge in [-0.05, 0) is 68.0 Å². The van der Waals surface area contributed by atoms with Gasteiger partial charge in [0, 0.05) is 34.9 Å². The van der Waals surface area contributed by atoms with Crippen LogP contribution in [0.2, 0.25) is 5.02 Å². The lowest BCUT2D eigenvalue weighted by Crippen LogP contribution is -2.41. The molecular formula is C27H31ClN4O2. The van der Waals surface area contributed by atoms with Crippen molar-refractivity contribution in [3.8, 4) is 16.9 Å². The minimum Gasteiger partial charge on any atom is -0.333 e. The predicted octanol–water partition coefficient (Wildman–Crippen LogP) is 5.64. The Bertz CT molecular complexity index is 1200. The van der Waals surface area contributed by atoms with Gasteiger partial charge in [-0.2, -0.15) is 0 Å². The van der Waals surface area contributed by atoms with Crippen LogP contribution in [-0.2, 0) is 9.59 Å². The lowest BCUT2D eigenvalue weighted by atomic mass is 10.1. The molecule has 34 heavy (non-hydrogen) atoms. The van der Waals surface area contributed by atoms with Crippen LogP contribution in [0.4, 0.5) is 5.95 Å². The number of nitrogens with zero attached hydrogens (tertiary/aromatic N) is 3. The number of hydrogen-bond donors (Lipinski definition) is 1. The summed E-state index contributed by atoms with van der Waals surface area (Å²) in [7, 11) is 0. The van der Waals surface area contributed by atoms with Crippen molar-refractivity contribution in [1.29, 1.82) is 0 Å². The number of rotatable bonds is 8. The van der Waals surface area contributed by atoms with Crippen molar-refractivity contribution in [2.75, 3.05) is 18.4 Å². The van der Waals surface area contributed by atoms with E-state index in [0.29, 0.717) is 17.5 Å². The Hall–Kier alpha value is -3.12. The van der Waals surface area contributed by atoms with Crippen molar-refractivity contribution in [3.05, 3.63) is 64.8 Å². The maximum atomic E-state index is 13.1. The second-order valence-electron chi connectivity index (χ2n) is 9.53. The molecule has 1 aliphatic carbocycles. The van der Waals surface area contributed by atoms with Gasteiger partial charge in [-0.25, -0.2) is 4.98 Å². The van der Waals surface area contributed by atoms with Gasteiger partial charge < -0.3 is 4.90 Å². The lowest BCUT2D eigenvalue weighted by molar-refractivity contribution is -0.136. The molecule has 0 saturated heterocycles. The summed E-state index contributed by atoms with van der Waals surface area (Å²) in [6.45, 7) is 8.80. The van der Waals surface area contributed by atoms with Crippen molar-refractivity contribution in [2.24, 2.45) is 11.8 Å². The molecule has 1 aliphatic rings. The van der Waals surface area contributed by atoms with E-state index in [1.165, 1.54) is 5.56 Å². The topological polar surface area (TPSA) is 67.2 Å². The van der Waals surface area contributed by atoms with E-state index in [1.807, 2.05) is 41.1 Å². The van der Waals surface area contributed by atoms with Crippen molar-refractivity contribution in [1.82, 2.24) is 14.5 Å². The van der Waals surface area contributed by atoms with Gasteiger partial charge in [-0.1, -0.05) is 43.6 Å². The Labute approximate surface area is 205 Å². The molecule has 0 aliphatic heterocycles. The Morgan fingerprint density at radius 2 is 1.82 bits per heavy atom. The number of carbonyl (C=O) groups excluding carboxylic acids is 2. The van der Waals surface area contributed by atoms with Gasteiger partial charge in [0.2, 0.25) is 17.8 Å². The summed E-state index contributed by atoms with van der Waals surface area (Å²) >= 11 is 6.05. The van der Waals surface area contributed by atoms with Crippen LogP contribution >= 0.6 is 11.6 Å². The number of hydrogen-bond acceptors (Lipinski definition) is 3. The molecule has 1 fully saturated rings. The highest BCUT2D eigenvalue weighted by molar-refractivity contribution is 6.30. The number of nitrogens with one attached hydrogen (secondary N) is 1. The second-order valence-corrected chi connectivity index (χ2v) is 9.97. The van der Waals surface area contributed by atoms with Gasteiger partial charge in [-0.3, -0.25) is 19.5 Å². The quantitative estimate of drug-likeness (QED) is 0.455. The lowest BCUT2D eigenvalue weighted by Gasteiger charge is -2.24. The fraction of sp³-hybridized carbons (Fsp3) is 0.370. The van der Waals surface area contributed by atoms with Gasteiger partial charge in [0.25, 0.3) is 0 Å². The van der Waals surface area contributed by atoms with Gasteiger partial charge in [-0.15, -0.1) is 0 Å². The molecule has 0 atom stereocenters. The maximum absolute atomic E-state index is 13.1. The molecule has 7 heteroatoms. The molecule has 178 valence electrons. The molecule has 0 unspecified atom stereocenters. The highest BCUT2D eigenvalue weighted by Crippen LogP contribution is 2.31. The third-order valence-electron chi connectivity index (χ3n) is 6.02. The van der Waals surface area contributed by atoms with Crippen molar-refractivity contribution < 1.29 is 9.59 Å². The number of aryl methyl sites for hydroxylation is 2. The van der Waals surface area contributed by atoms with Gasteiger partial charge in [0.05, 0.1) is 12.2 Å². The monoisotopic (exact) mass is 478 g/mol. The zero-order valence-electron chi connectivity index (χ0n) is 20.1. The second kappa shape index (κ2) is 10.0. The Kier molecular flexibility index (Phi) is 7.08. The maximum Gasteiger partial charge on any atom is 0.246 e. The average molecular weight is 479 g/mol. The predicted molar refractivity (Wildman–Crippen MR) is 136 cm³/mol. The fourth-order valence-electron chi connectivity index (χ4n) is 3.90. The van der Waals surface area contributed by atoms with Crippen LogP contribution < -0.4 is 5.32 Å². The average Bonchev–Trinajstić information content (AvgIpc) is 3.55. The number of carbonyl (C=O) groups is 2. The third kappa shape index (κ3) is 5.68. The summed E-state index contributed by atoms with van der Waals surface area (Å²) in [6.07, 6.45) is 3.73. The third-order valence-corrected chi connectivity index (χ3v) is 6.28. The first-order valence-corrected chi connectivity index (χ1v) is 12.1. The van der Waals surface area contributed by atoms with E-state index >= 15 is 0 Å². The van der Waals surface area contributed by atoms with Gasteiger partial charge >= 0.3 is 0 Å². The van der Waals surface area contributed by atoms with Crippen LogP contribution in [0.5, 0.6) is 0 Å². The number of anilines is 1. The van der Waals surface area contributed by atoms with E-state index in [-0.39, 0.29) is 30.2 Å². The van der Waals surface area contributed by atoms with Crippen molar-refractivity contribution >= 4 is 29.4 Å². The summed E-state index contributed by atoms with van der Waals surface area (Å²) in [6, 6.07) is 13.6. The minimum absolute atomic E-state index is 0.0174. The first kappa shape index (κ1) is 24.0. The van der Waals surface area contributed by atoms with Crippen LogP contribution in [0.1, 0.15) is 37.8 Å². The number of halogens is 1. The number of imidazole rings is 1. The molecule has 1 heterocycles. The molecule has 1 N–H and O–H groups in total.